The molecule has 0 amide bonds. The van der Waals surface area contributed by atoms with E-state index in [1.54, 1.807) is 6.20 Å². The topological polar surface area (TPSA) is 65.0 Å². The van der Waals surface area contributed by atoms with Crippen LogP contribution >= 0.6 is 0 Å². The molecule has 1 saturated heterocycles. The molecule has 2 N–H and O–H groups in total. The number of pyridine rings is 1. The van der Waals surface area contributed by atoms with Crippen LogP contribution in [0, 0.1) is 5.92 Å². The Balaban J connectivity index is 1.87. The number of aromatic nitrogens is 3. The number of aliphatic hydroxyl groups excluding tert-OH is 1. The first kappa shape index (κ1) is 10.5. The van der Waals surface area contributed by atoms with Crippen LogP contribution in [0.25, 0.3) is 11.2 Å². The molecule has 1 aliphatic rings. The van der Waals surface area contributed by atoms with Gasteiger partial charge in [0.1, 0.15) is 0 Å². The van der Waals surface area contributed by atoms with Crippen LogP contribution in [0.5, 0.6) is 0 Å². The standard InChI is InChI=1S/C12H16N4O/c17-8-9-3-2-6-16(7-9)12-14-10-4-1-5-13-11(10)15-12/h1,4-5,9,17H,2-3,6-8H2,(H,13,14,15)/t9-/m1/s1. The summed E-state index contributed by atoms with van der Waals surface area (Å²) in [6.45, 7) is 2.13. The van der Waals surface area contributed by atoms with E-state index in [2.05, 4.69) is 19.9 Å². The minimum atomic E-state index is 0.259. The Hall–Kier alpha value is -1.62. The van der Waals surface area contributed by atoms with Crippen LogP contribution in [-0.2, 0) is 0 Å². The van der Waals surface area contributed by atoms with Gasteiger partial charge in [-0.1, -0.05) is 0 Å². The van der Waals surface area contributed by atoms with E-state index in [-0.39, 0.29) is 6.61 Å². The summed E-state index contributed by atoms with van der Waals surface area (Å²) in [4.78, 5) is 14.2. The number of aliphatic hydroxyl groups is 1. The predicted octanol–water partition coefficient (Wildman–Crippen LogP) is 1.17. The molecule has 5 heteroatoms. The third-order valence-corrected chi connectivity index (χ3v) is 3.32. The highest BCUT2D eigenvalue weighted by Crippen LogP contribution is 2.22. The number of fused-ring (bicyclic) bond motifs is 1. The summed E-state index contributed by atoms with van der Waals surface area (Å²) in [5.74, 6) is 1.24. The van der Waals surface area contributed by atoms with Gasteiger partial charge in [-0.3, -0.25) is 0 Å². The van der Waals surface area contributed by atoms with E-state index in [0.717, 1.165) is 43.0 Å². The molecule has 17 heavy (non-hydrogen) atoms. The third-order valence-electron chi connectivity index (χ3n) is 3.32. The fraction of sp³-hybridized carbons (Fsp3) is 0.500. The van der Waals surface area contributed by atoms with Gasteiger partial charge in [0.05, 0.1) is 5.52 Å². The van der Waals surface area contributed by atoms with Gasteiger partial charge in [0.25, 0.3) is 0 Å². The lowest BCUT2D eigenvalue weighted by atomic mass is 9.99. The van der Waals surface area contributed by atoms with Gasteiger partial charge in [0, 0.05) is 25.9 Å². The molecule has 3 heterocycles. The molecule has 90 valence electrons. The first-order valence-corrected chi connectivity index (χ1v) is 6.03. The van der Waals surface area contributed by atoms with Gasteiger partial charge in [-0.05, 0) is 30.9 Å². The molecular weight excluding hydrogens is 216 g/mol. The van der Waals surface area contributed by atoms with Crippen molar-refractivity contribution in [1.29, 1.82) is 0 Å². The van der Waals surface area contributed by atoms with Crippen LogP contribution in [0.2, 0.25) is 0 Å². The van der Waals surface area contributed by atoms with Crippen LogP contribution in [0.4, 0.5) is 5.95 Å². The van der Waals surface area contributed by atoms with Crippen molar-refractivity contribution in [2.45, 2.75) is 12.8 Å². The number of imidazole rings is 1. The zero-order valence-corrected chi connectivity index (χ0v) is 9.63. The van der Waals surface area contributed by atoms with Gasteiger partial charge in [0.2, 0.25) is 5.95 Å². The van der Waals surface area contributed by atoms with E-state index in [0.29, 0.717) is 5.92 Å². The number of nitrogens with one attached hydrogen (secondary N) is 1. The average Bonchev–Trinajstić information content (AvgIpc) is 2.82. The van der Waals surface area contributed by atoms with E-state index in [4.69, 9.17) is 0 Å². The first-order chi connectivity index (χ1) is 8.36. The van der Waals surface area contributed by atoms with E-state index >= 15 is 0 Å². The van der Waals surface area contributed by atoms with Crippen molar-refractivity contribution in [2.75, 3.05) is 24.6 Å². The quantitative estimate of drug-likeness (QED) is 0.815. The van der Waals surface area contributed by atoms with Crippen molar-refractivity contribution in [3.8, 4) is 0 Å². The number of hydrogen-bond donors (Lipinski definition) is 2. The number of nitrogens with zero attached hydrogens (tertiary/aromatic N) is 3. The molecule has 1 fully saturated rings. The number of piperidine rings is 1. The largest absolute Gasteiger partial charge is 0.396 e. The van der Waals surface area contributed by atoms with Gasteiger partial charge in [0.15, 0.2) is 5.65 Å². The van der Waals surface area contributed by atoms with Crippen molar-refractivity contribution in [1.82, 2.24) is 15.0 Å². The fourth-order valence-corrected chi connectivity index (χ4v) is 2.39. The van der Waals surface area contributed by atoms with Gasteiger partial charge < -0.3 is 15.0 Å². The second-order valence-electron chi connectivity index (χ2n) is 4.57. The highest BCUT2D eigenvalue weighted by Gasteiger charge is 2.21. The van der Waals surface area contributed by atoms with Gasteiger partial charge in [-0.15, -0.1) is 0 Å². The van der Waals surface area contributed by atoms with Crippen LogP contribution in [0.15, 0.2) is 18.3 Å². The summed E-state index contributed by atoms with van der Waals surface area (Å²) in [5, 5.41) is 9.23. The van der Waals surface area contributed by atoms with Crippen molar-refractivity contribution in [2.24, 2.45) is 5.92 Å². The maximum atomic E-state index is 9.23. The minimum Gasteiger partial charge on any atom is -0.396 e. The Kier molecular flexibility index (Phi) is 2.68. The molecule has 1 aliphatic heterocycles. The summed E-state index contributed by atoms with van der Waals surface area (Å²) >= 11 is 0. The second kappa shape index (κ2) is 4.33. The monoisotopic (exact) mass is 232 g/mol. The van der Waals surface area contributed by atoms with Crippen molar-refractivity contribution < 1.29 is 5.11 Å². The summed E-state index contributed by atoms with van der Waals surface area (Å²) in [7, 11) is 0. The van der Waals surface area contributed by atoms with Gasteiger partial charge in [-0.2, -0.15) is 4.98 Å². The minimum absolute atomic E-state index is 0.259. The number of anilines is 1. The molecular formula is C12H16N4O. The summed E-state index contributed by atoms with van der Waals surface area (Å²) in [6, 6.07) is 3.88. The normalized spacial score (nSPS) is 21.0. The summed E-state index contributed by atoms with van der Waals surface area (Å²) < 4.78 is 0. The smallest absolute Gasteiger partial charge is 0.205 e. The molecule has 0 spiro atoms. The van der Waals surface area contributed by atoms with Crippen molar-refractivity contribution in [3.05, 3.63) is 18.3 Å². The van der Waals surface area contributed by atoms with E-state index in [1.807, 2.05) is 12.1 Å². The zero-order valence-electron chi connectivity index (χ0n) is 9.63. The molecule has 3 rings (SSSR count). The zero-order chi connectivity index (χ0) is 11.7. The fourth-order valence-electron chi connectivity index (χ4n) is 2.39. The molecule has 0 aromatic carbocycles. The van der Waals surface area contributed by atoms with Crippen LogP contribution < -0.4 is 4.90 Å². The Morgan fingerprint density at radius 1 is 1.53 bits per heavy atom. The molecule has 2 aromatic rings. The summed E-state index contributed by atoms with van der Waals surface area (Å²) in [6.07, 6.45) is 3.96. The molecule has 0 bridgehead atoms. The third kappa shape index (κ3) is 1.98. The van der Waals surface area contributed by atoms with Gasteiger partial charge in [-0.25, -0.2) is 4.98 Å². The Labute approximate surface area is 99.5 Å². The Bertz CT molecular complexity index is 477. The van der Waals surface area contributed by atoms with Gasteiger partial charge >= 0.3 is 0 Å². The molecule has 5 nitrogen and oxygen atoms in total. The average molecular weight is 232 g/mol. The molecule has 0 unspecified atom stereocenters. The van der Waals surface area contributed by atoms with Crippen LogP contribution in [0.3, 0.4) is 0 Å². The van der Waals surface area contributed by atoms with E-state index in [9.17, 15) is 5.11 Å². The second-order valence-corrected chi connectivity index (χ2v) is 4.57. The molecule has 0 radical (unpaired) electrons. The first-order valence-electron chi connectivity index (χ1n) is 6.03. The molecule has 1 atom stereocenters. The lowest BCUT2D eigenvalue weighted by Gasteiger charge is -2.31. The maximum absolute atomic E-state index is 9.23. The number of rotatable bonds is 2. The van der Waals surface area contributed by atoms with Crippen LogP contribution in [-0.4, -0.2) is 39.8 Å². The maximum Gasteiger partial charge on any atom is 0.205 e. The number of H-pyrrole nitrogens is 1. The predicted molar refractivity (Wildman–Crippen MR) is 65.9 cm³/mol. The Morgan fingerprint density at radius 2 is 2.47 bits per heavy atom. The highest BCUT2D eigenvalue weighted by atomic mass is 16.3. The number of hydrogen-bond acceptors (Lipinski definition) is 4. The van der Waals surface area contributed by atoms with Crippen molar-refractivity contribution in [3.63, 3.8) is 0 Å². The lowest BCUT2D eigenvalue weighted by molar-refractivity contribution is 0.208. The lowest BCUT2D eigenvalue weighted by Crippen LogP contribution is -2.37. The summed E-state index contributed by atoms with van der Waals surface area (Å²) in [5.41, 5.74) is 1.72. The van der Waals surface area contributed by atoms with E-state index < -0.39 is 0 Å². The SMILES string of the molecule is OC[C@@H]1CCCN(c2nc3ncccc3[nH]2)C1. The molecule has 0 saturated carbocycles. The molecule has 2 aromatic heterocycles. The number of aromatic amines is 1. The highest BCUT2D eigenvalue weighted by molar-refractivity contribution is 5.73. The van der Waals surface area contributed by atoms with Crippen LogP contribution in [0.1, 0.15) is 12.8 Å². The molecule has 0 aliphatic carbocycles. The van der Waals surface area contributed by atoms with Crippen molar-refractivity contribution >= 4 is 17.1 Å². The van der Waals surface area contributed by atoms with E-state index in [1.165, 1.54) is 0 Å². The Morgan fingerprint density at radius 3 is 3.29 bits per heavy atom.